The molecule has 0 saturated carbocycles. The number of nitrogens with one attached hydrogen (secondary N) is 1. The largest absolute Gasteiger partial charge is 0.325 e. The molecule has 22 heavy (non-hydrogen) atoms. The maximum Gasteiger partial charge on any atom is 0.238 e. The summed E-state index contributed by atoms with van der Waals surface area (Å²) in [6, 6.07) is 11.4. The molecule has 3 N–H and O–H groups in total. The number of primary sulfonamides is 1. The van der Waals surface area contributed by atoms with E-state index < -0.39 is 10.0 Å². The van der Waals surface area contributed by atoms with Gasteiger partial charge in [0.15, 0.2) is 0 Å². The van der Waals surface area contributed by atoms with Crippen molar-refractivity contribution in [1.29, 1.82) is 0 Å². The minimum Gasteiger partial charge on any atom is -0.325 e. The van der Waals surface area contributed by atoms with Gasteiger partial charge >= 0.3 is 0 Å². The lowest BCUT2D eigenvalue weighted by Crippen LogP contribution is -2.15. The van der Waals surface area contributed by atoms with E-state index in [-0.39, 0.29) is 22.4 Å². The van der Waals surface area contributed by atoms with E-state index in [1.807, 2.05) is 0 Å². The van der Waals surface area contributed by atoms with Crippen LogP contribution in [0.25, 0.3) is 0 Å². The Labute approximate surface area is 131 Å². The summed E-state index contributed by atoms with van der Waals surface area (Å²) in [5, 5.41) is 7.62. The third kappa shape index (κ3) is 4.83. The molecule has 5 nitrogen and oxygen atoms in total. The second kappa shape index (κ2) is 6.91. The van der Waals surface area contributed by atoms with E-state index >= 15 is 0 Å². The van der Waals surface area contributed by atoms with Crippen molar-refractivity contribution < 1.29 is 17.6 Å². The third-order valence-corrected chi connectivity index (χ3v) is 4.59. The maximum atomic E-state index is 12.7. The van der Waals surface area contributed by atoms with Crippen LogP contribution < -0.4 is 10.5 Å². The van der Waals surface area contributed by atoms with Crippen LogP contribution in [0, 0.1) is 5.82 Å². The first-order chi connectivity index (χ1) is 10.3. The summed E-state index contributed by atoms with van der Waals surface area (Å²) >= 11 is 1.27. The lowest BCUT2D eigenvalue weighted by atomic mass is 10.3. The second-order valence-electron chi connectivity index (χ2n) is 4.36. The zero-order valence-corrected chi connectivity index (χ0v) is 13.0. The molecule has 1 amide bonds. The van der Waals surface area contributed by atoms with Crippen molar-refractivity contribution in [2.45, 2.75) is 9.79 Å². The van der Waals surface area contributed by atoms with Crippen LogP contribution in [0.15, 0.2) is 58.3 Å². The van der Waals surface area contributed by atoms with E-state index in [0.717, 1.165) is 4.90 Å². The van der Waals surface area contributed by atoms with Gasteiger partial charge in [-0.2, -0.15) is 0 Å². The van der Waals surface area contributed by atoms with E-state index in [0.29, 0.717) is 5.69 Å². The molecule has 0 bridgehead atoms. The molecule has 0 aliphatic rings. The molecule has 0 spiro atoms. The Morgan fingerprint density at radius 1 is 1.09 bits per heavy atom. The standard InChI is InChI=1S/C14H13FN2O3S2/c15-10-1-5-12(6-2-10)21-9-14(18)17-11-3-7-13(8-4-11)22(16,19)20/h1-8H,9H2,(H,17,18)(H2,16,19,20). The zero-order chi connectivity index (χ0) is 16.2. The molecule has 8 heteroatoms. The van der Waals surface area contributed by atoms with E-state index in [1.165, 1.54) is 48.2 Å². The Balaban J connectivity index is 1.90. The van der Waals surface area contributed by atoms with Crippen molar-refractivity contribution in [3.63, 3.8) is 0 Å². The number of sulfonamides is 1. The number of rotatable bonds is 5. The average molecular weight is 340 g/mol. The smallest absolute Gasteiger partial charge is 0.238 e. The molecule has 2 aromatic rings. The lowest BCUT2D eigenvalue weighted by Gasteiger charge is -2.06. The molecule has 0 aliphatic carbocycles. The van der Waals surface area contributed by atoms with Gasteiger partial charge in [-0.25, -0.2) is 17.9 Å². The minimum atomic E-state index is -3.75. The first-order valence-corrected chi connectivity index (χ1v) is 8.69. The van der Waals surface area contributed by atoms with Crippen molar-refractivity contribution in [3.05, 3.63) is 54.3 Å². The first-order valence-electron chi connectivity index (χ1n) is 6.16. The molecular formula is C14H13FN2O3S2. The van der Waals surface area contributed by atoms with Gasteiger partial charge in [0.25, 0.3) is 0 Å². The van der Waals surface area contributed by atoms with Crippen LogP contribution in [0.1, 0.15) is 0 Å². The van der Waals surface area contributed by atoms with Crippen LogP contribution in [0.4, 0.5) is 10.1 Å². The summed E-state index contributed by atoms with van der Waals surface area (Å²) in [7, 11) is -3.75. The van der Waals surface area contributed by atoms with E-state index in [1.54, 1.807) is 12.1 Å². The number of amides is 1. The minimum absolute atomic E-state index is 0.0220. The molecule has 0 aliphatic heterocycles. The summed E-state index contributed by atoms with van der Waals surface area (Å²) in [4.78, 5) is 12.5. The van der Waals surface area contributed by atoms with Crippen LogP contribution in [0.3, 0.4) is 0 Å². The molecule has 0 atom stereocenters. The van der Waals surface area contributed by atoms with Crippen LogP contribution in [-0.4, -0.2) is 20.1 Å². The summed E-state index contributed by atoms with van der Waals surface area (Å²) in [5.41, 5.74) is 0.470. The highest BCUT2D eigenvalue weighted by atomic mass is 32.2. The molecule has 2 rings (SSSR count). The molecule has 116 valence electrons. The SMILES string of the molecule is NS(=O)(=O)c1ccc(NC(=O)CSc2ccc(F)cc2)cc1. The number of nitrogens with two attached hydrogens (primary N) is 1. The fourth-order valence-electron chi connectivity index (χ4n) is 1.60. The van der Waals surface area contributed by atoms with Gasteiger partial charge in [0.05, 0.1) is 10.6 Å². The van der Waals surface area contributed by atoms with Crippen molar-refractivity contribution in [3.8, 4) is 0 Å². The number of hydrogen-bond acceptors (Lipinski definition) is 4. The number of thioether (sulfide) groups is 1. The molecule has 0 saturated heterocycles. The second-order valence-corrected chi connectivity index (χ2v) is 6.97. The summed E-state index contributed by atoms with van der Waals surface area (Å²) in [6.07, 6.45) is 0. The maximum absolute atomic E-state index is 12.7. The number of hydrogen-bond donors (Lipinski definition) is 2. The number of halogens is 1. The predicted molar refractivity (Wildman–Crippen MR) is 83.6 cm³/mol. The number of anilines is 1. The lowest BCUT2D eigenvalue weighted by molar-refractivity contribution is -0.113. The number of carbonyl (C=O) groups excluding carboxylic acids is 1. The number of carbonyl (C=O) groups is 1. The van der Waals surface area contributed by atoms with Crippen LogP contribution in [0.5, 0.6) is 0 Å². The topological polar surface area (TPSA) is 89.3 Å². The highest BCUT2D eigenvalue weighted by Gasteiger charge is 2.08. The van der Waals surface area contributed by atoms with Gasteiger partial charge in [-0.3, -0.25) is 4.79 Å². The van der Waals surface area contributed by atoms with E-state index in [9.17, 15) is 17.6 Å². The first kappa shape index (κ1) is 16.5. The Hall–Kier alpha value is -1.90. The zero-order valence-electron chi connectivity index (χ0n) is 11.3. The highest BCUT2D eigenvalue weighted by molar-refractivity contribution is 8.00. The molecular weight excluding hydrogens is 327 g/mol. The van der Waals surface area contributed by atoms with Crippen LogP contribution >= 0.6 is 11.8 Å². The van der Waals surface area contributed by atoms with Gasteiger partial charge in [-0.15, -0.1) is 11.8 Å². The summed E-state index contributed by atoms with van der Waals surface area (Å²) in [6.45, 7) is 0. The van der Waals surface area contributed by atoms with Crippen molar-refractivity contribution >= 4 is 33.4 Å². The Kier molecular flexibility index (Phi) is 5.17. The van der Waals surface area contributed by atoms with Crippen LogP contribution in [-0.2, 0) is 14.8 Å². The van der Waals surface area contributed by atoms with Crippen molar-refractivity contribution in [2.75, 3.05) is 11.1 Å². The quantitative estimate of drug-likeness (QED) is 0.817. The fourth-order valence-corrected chi connectivity index (χ4v) is 2.82. The molecule has 0 heterocycles. The molecule has 0 radical (unpaired) electrons. The van der Waals surface area contributed by atoms with Crippen molar-refractivity contribution in [1.82, 2.24) is 0 Å². The molecule has 0 aromatic heterocycles. The van der Waals surface area contributed by atoms with Gasteiger partial charge in [0.1, 0.15) is 5.82 Å². The predicted octanol–water partition coefficient (Wildman–Crippen LogP) is 2.20. The van der Waals surface area contributed by atoms with E-state index in [4.69, 9.17) is 5.14 Å². The number of benzene rings is 2. The summed E-state index contributed by atoms with van der Waals surface area (Å²) < 4.78 is 35.0. The molecule has 2 aromatic carbocycles. The van der Waals surface area contributed by atoms with Gasteiger partial charge in [0.2, 0.25) is 15.9 Å². The molecule has 0 fully saturated rings. The Bertz CT molecular complexity index is 760. The summed E-state index contributed by atoms with van der Waals surface area (Å²) in [5.74, 6) is -0.427. The average Bonchev–Trinajstić information content (AvgIpc) is 2.46. The molecule has 0 unspecified atom stereocenters. The Morgan fingerprint density at radius 3 is 2.23 bits per heavy atom. The van der Waals surface area contributed by atoms with Crippen LogP contribution in [0.2, 0.25) is 0 Å². The highest BCUT2D eigenvalue weighted by Crippen LogP contribution is 2.19. The fraction of sp³-hybridized carbons (Fsp3) is 0.0714. The van der Waals surface area contributed by atoms with Gasteiger partial charge < -0.3 is 5.32 Å². The van der Waals surface area contributed by atoms with Gasteiger partial charge in [-0.05, 0) is 48.5 Å². The van der Waals surface area contributed by atoms with Crippen molar-refractivity contribution in [2.24, 2.45) is 5.14 Å². The van der Waals surface area contributed by atoms with E-state index in [2.05, 4.69) is 5.32 Å². The van der Waals surface area contributed by atoms with Gasteiger partial charge in [-0.1, -0.05) is 0 Å². The third-order valence-electron chi connectivity index (χ3n) is 2.65. The Morgan fingerprint density at radius 2 is 1.68 bits per heavy atom. The monoisotopic (exact) mass is 340 g/mol. The van der Waals surface area contributed by atoms with Gasteiger partial charge in [0, 0.05) is 10.6 Å². The normalized spacial score (nSPS) is 11.2.